The fraction of sp³-hybridized carbons (Fsp3) is 0.182. The van der Waals surface area contributed by atoms with Crippen LogP contribution in [-0.2, 0) is 10.0 Å². The van der Waals surface area contributed by atoms with Gasteiger partial charge in [0.1, 0.15) is 24.4 Å². The van der Waals surface area contributed by atoms with Crippen LogP contribution in [0.5, 0.6) is 5.75 Å². The topological polar surface area (TPSA) is 107 Å². The van der Waals surface area contributed by atoms with Crippen LogP contribution in [0.2, 0.25) is 0 Å². The fourth-order valence-corrected chi connectivity index (χ4v) is 2.18. The largest absolute Gasteiger partial charge is 0.490 e. The molecule has 1 heterocycles. The first-order valence-corrected chi connectivity index (χ1v) is 7.10. The molecule has 0 saturated carbocycles. The highest BCUT2D eigenvalue weighted by atomic mass is 32.2. The average Bonchev–Trinajstić information content (AvgIpc) is 2.83. The molecule has 0 radical (unpaired) electrons. The van der Waals surface area contributed by atoms with Gasteiger partial charge in [0.2, 0.25) is 10.0 Å². The Morgan fingerprint density at radius 2 is 2.11 bits per heavy atom. The van der Waals surface area contributed by atoms with E-state index < -0.39 is 10.0 Å². The molecular formula is C11H13N3O4S. The summed E-state index contributed by atoms with van der Waals surface area (Å²) < 4.78 is 35.4. The van der Waals surface area contributed by atoms with E-state index in [1.807, 2.05) is 0 Å². The fourth-order valence-electron chi connectivity index (χ4n) is 1.35. The van der Waals surface area contributed by atoms with Crippen LogP contribution in [0.15, 0.2) is 41.1 Å². The SMILES string of the molecule is Nc1ccccc1OCCS(=O)(=O)Nc1ccon1. The molecule has 0 aliphatic heterocycles. The Morgan fingerprint density at radius 1 is 1.32 bits per heavy atom. The van der Waals surface area contributed by atoms with Crippen molar-refractivity contribution in [1.82, 2.24) is 5.16 Å². The molecule has 0 atom stereocenters. The van der Waals surface area contributed by atoms with Crippen molar-refractivity contribution >= 4 is 21.5 Å². The van der Waals surface area contributed by atoms with Gasteiger partial charge in [-0.25, -0.2) is 8.42 Å². The van der Waals surface area contributed by atoms with Gasteiger partial charge in [-0.05, 0) is 12.1 Å². The van der Waals surface area contributed by atoms with Crippen molar-refractivity contribution in [2.75, 3.05) is 22.8 Å². The van der Waals surface area contributed by atoms with Gasteiger partial charge >= 0.3 is 0 Å². The molecule has 0 aliphatic carbocycles. The second-order valence-electron chi connectivity index (χ2n) is 3.69. The van der Waals surface area contributed by atoms with Crippen LogP contribution in [-0.4, -0.2) is 25.9 Å². The first-order valence-electron chi connectivity index (χ1n) is 5.45. The number of nitrogen functional groups attached to an aromatic ring is 1. The van der Waals surface area contributed by atoms with Crippen molar-refractivity contribution in [2.45, 2.75) is 0 Å². The van der Waals surface area contributed by atoms with Crippen molar-refractivity contribution < 1.29 is 17.7 Å². The molecule has 3 N–H and O–H groups in total. The summed E-state index contributed by atoms with van der Waals surface area (Å²) in [7, 11) is -3.53. The van der Waals surface area contributed by atoms with Crippen LogP contribution >= 0.6 is 0 Å². The molecule has 102 valence electrons. The van der Waals surface area contributed by atoms with E-state index in [1.165, 1.54) is 12.3 Å². The molecule has 19 heavy (non-hydrogen) atoms. The number of benzene rings is 1. The molecule has 7 nitrogen and oxygen atoms in total. The van der Waals surface area contributed by atoms with Gasteiger partial charge in [-0.2, -0.15) is 0 Å². The van der Waals surface area contributed by atoms with Gasteiger partial charge in [0, 0.05) is 6.07 Å². The number of nitrogens with two attached hydrogens (primary N) is 1. The number of aromatic nitrogens is 1. The zero-order valence-electron chi connectivity index (χ0n) is 9.94. The maximum absolute atomic E-state index is 11.7. The Morgan fingerprint density at radius 3 is 2.79 bits per heavy atom. The summed E-state index contributed by atoms with van der Waals surface area (Å²) in [5.74, 6) is 0.382. The number of nitrogens with zero attached hydrogens (tertiary/aromatic N) is 1. The highest BCUT2D eigenvalue weighted by molar-refractivity contribution is 7.92. The van der Waals surface area contributed by atoms with Gasteiger partial charge in [-0.15, -0.1) is 0 Å². The van der Waals surface area contributed by atoms with Gasteiger partial charge in [-0.3, -0.25) is 4.72 Å². The molecule has 0 saturated heterocycles. The second kappa shape index (κ2) is 5.61. The third-order valence-electron chi connectivity index (χ3n) is 2.23. The minimum Gasteiger partial charge on any atom is -0.490 e. The number of hydrogen-bond donors (Lipinski definition) is 2. The summed E-state index contributed by atoms with van der Waals surface area (Å²) in [5, 5.41) is 3.46. The van der Waals surface area contributed by atoms with E-state index in [9.17, 15) is 8.42 Å². The molecule has 0 bridgehead atoms. The van der Waals surface area contributed by atoms with Crippen LogP contribution < -0.4 is 15.2 Å². The van der Waals surface area contributed by atoms with Crippen molar-refractivity contribution in [3.63, 3.8) is 0 Å². The van der Waals surface area contributed by atoms with Crippen molar-refractivity contribution in [3.8, 4) is 5.75 Å². The molecule has 2 rings (SSSR count). The Hall–Kier alpha value is -2.22. The Labute approximate surface area is 110 Å². The summed E-state index contributed by atoms with van der Waals surface area (Å²) in [6.07, 6.45) is 1.28. The van der Waals surface area contributed by atoms with Crippen molar-refractivity contribution in [3.05, 3.63) is 36.6 Å². The van der Waals surface area contributed by atoms with Crippen LogP contribution in [0.3, 0.4) is 0 Å². The van der Waals surface area contributed by atoms with E-state index in [0.29, 0.717) is 11.4 Å². The Balaban J connectivity index is 1.87. The summed E-state index contributed by atoms with van der Waals surface area (Å²) in [4.78, 5) is 0. The zero-order chi connectivity index (χ0) is 13.7. The predicted octanol–water partition coefficient (Wildman–Crippen LogP) is 1.08. The first-order chi connectivity index (χ1) is 9.07. The van der Waals surface area contributed by atoms with Gasteiger partial charge in [-0.1, -0.05) is 17.3 Å². The van der Waals surface area contributed by atoms with E-state index in [1.54, 1.807) is 24.3 Å². The van der Waals surface area contributed by atoms with E-state index in [-0.39, 0.29) is 18.2 Å². The third kappa shape index (κ3) is 3.88. The smallest absolute Gasteiger partial charge is 0.237 e. The van der Waals surface area contributed by atoms with Gasteiger partial charge in [0.25, 0.3) is 0 Å². The van der Waals surface area contributed by atoms with Crippen LogP contribution in [0.25, 0.3) is 0 Å². The van der Waals surface area contributed by atoms with Crippen LogP contribution in [0.4, 0.5) is 11.5 Å². The Bertz CT molecular complexity index is 625. The van der Waals surface area contributed by atoms with E-state index >= 15 is 0 Å². The second-order valence-corrected chi connectivity index (χ2v) is 5.53. The predicted molar refractivity (Wildman–Crippen MR) is 70.3 cm³/mol. The van der Waals surface area contributed by atoms with Crippen LogP contribution in [0.1, 0.15) is 0 Å². The molecule has 1 aromatic heterocycles. The molecular weight excluding hydrogens is 270 g/mol. The lowest BCUT2D eigenvalue weighted by Gasteiger charge is -2.09. The number of nitrogens with one attached hydrogen (secondary N) is 1. The molecule has 1 aromatic carbocycles. The maximum Gasteiger partial charge on any atom is 0.237 e. The van der Waals surface area contributed by atoms with Gasteiger partial charge in [0.15, 0.2) is 5.82 Å². The average molecular weight is 283 g/mol. The van der Waals surface area contributed by atoms with Gasteiger partial charge < -0.3 is 15.0 Å². The van der Waals surface area contributed by atoms with Crippen LogP contribution in [0, 0.1) is 0 Å². The van der Waals surface area contributed by atoms with E-state index in [2.05, 4.69) is 14.4 Å². The summed E-state index contributed by atoms with van der Waals surface area (Å²) in [6.45, 7) is -0.0125. The minimum absolute atomic E-state index is 0.0125. The molecule has 0 fully saturated rings. The van der Waals surface area contributed by atoms with Crippen molar-refractivity contribution in [1.29, 1.82) is 0 Å². The third-order valence-corrected chi connectivity index (χ3v) is 3.45. The Kier molecular flexibility index (Phi) is 3.91. The summed E-state index contributed by atoms with van der Waals surface area (Å²) in [6, 6.07) is 8.29. The number of rotatable bonds is 6. The number of hydrogen-bond acceptors (Lipinski definition) is 6. The molecule has 2 aromatic rings. The zero-order valence-corrected chi connectivity index (χ0v) is 10.8. The minimum atomic E-state index is -3.53. The summed E-state index contributed by atoms with van der Waals surface area (Å²) >= 11 is 0. The van der Waals surface area contributed by atoms with Gasteiger partial charge in [0.05, 0.1) is 5.69 Å². The lowest BCUT2D eigenvalue weighted by Crippen LogP contribution is -2.21. The van der Waals surface area contributed by atoms with E-state index in [0.717, 1.165) is 0 Å². The molecule has 0 spiro atoms. The number of sulfonamides is 1. The van der Waals surface area contributed by atoms with Crippen molar-refractivity contribution in [2.24, 2.45) is 0 Å². The maximum atomic E-state index is 11.7. The molecule has 0 amide bonds. The lowest BCUT2D eigenvalue weighted by molar-refractivity contribution is 0.343. The summed E-state index contributed by atoms with van der Waals surface area (Å²) in [5.41, 5.74) is 6.13. The molecule has 0 aliphatic rings. The number of ether oxygens (including phenoxy) is 1. The highest BCUT2D eigenvalue weighted by Crippen LogP contribution is 2.19. The lowest BCUT2D eigenvalue weighted by atomic mass is 10.3. The standard InChI is InChI=1S/C11H13N3O4S/c12-9-3-1-2-4-10(9)17-7-8-19(15,16)14-11-5-6-18-13-11/h1-6H,7-8,12H2,(H,13,14). The number of para-hydroxylation sites is 2. The highest BCUT2D eigenvalue weighted by Gasteiger charge is 2.12. The first kappa shape index (κ1) is 13.2. The molecule has 8 heteroatoms. The van der Waals surface area contributed by atoms with E-state index in [4.69, 9.17) is 10.5 Å². The quantitative estimate of drug-likeness (QED) is 0.768. The molecule has 0 unspecified atom stereocenters. The normalized spacial score (nSPS) is 11.2. The number of anilines is 2. The monoisotopic (exact) mass is 283 g/mol.